The molecule has 0 saturated heterocycles. The third kappa shape index (κ3) is 2.92. The Bertz CT molecular complexity index is 390. The molecule has 0 unspecified atom stereocenters. The Morgan fingerprint density at radius 2 is 2.13 bits per heavy atom. The lowest BCUT2D eigenvalue weighted by molar-refractivity contribution is 0.0531. The molecule has 0 aromatic carbocycles. The van der Waals surface area contributed by atoms with E-state index in [1.54, 1.807) is 26.8 Å². The van der Waals surface area contributed by atoms with E-state index in [9.17, 15) is 9.59 Å². The highest BCUT2D eigenvalue weighted by Crippen LogP contribution is 2.18. The zero-order valence-electron chi connectivity index (χ0n) is 8.78. The van der Waals surface area contributed by atoms with Crippen LogP contribution in [0.15, 0.2) is 16.7 Å². The monoisotopic (exact) mass is 273 g/mol. The highest BCUT2D eigenvalue weighted by atomic mass is 79.9. The summed E-state index contributed by atoms with van der Waals surface area (Å²) in [5.74, 6) is 0. The Morgan fingerprint density at radius 3 is 2.60 bits per heavy atom. The molecular weight excluding hydrogens is 262 g/mol. The highest BCUT2D eigenvalue weighted by Gasteiger charge is 2.20. The van der Waals surface area contributed by atoms with Gasteiger partial charge in [-0.2, -0.15) is 0 Å². The number of rotatable bonds is 1. The fourth-order valence-corrected chi connectivity index (χ4v) is 1.41. The minimum atomic E-state index is -0.575. The molecule has 82 valence electrons. The quantitative estimate of drug-likeness (QED) is 0.740. The second-order valence-electron chi connectivity index (χ2n) is 4.02. The van der Waals surface area contributed by atoms with Crippen LogP contribution in [0.1, 0.15) is 31.3 Å². The van der Waals surface area contributed by atoms with Gasteiger partial charge in [-0.05, 0) is 42.8 Å². The zero-order chi connectivity index (χ0) is 11.6. The second kappa shape index (κ2) is 4.18. The third-order valence-electron chi connectivity index (χ3n) is 1.58. The summed E-state index contributed by atoms with van der Waals surface area (Å²) in [5.41, 5.74) is -0.321. The van der Waals surface area contributed by atoms with E-state index < -0.39 is 11.7 Å². The van der Waals surface area contributed by atoms with Crippen molar-refractivity contribution in [3.63, 3.8) is 0 Å². The smallest absolute Gasteiger partial charge is 0.419 e. The van der Waals surface area contributed by atoms with Gasteiger partial charge >= 0.3 is 6.09 Å². The molecule has 0 aliphatic rings. The van der Waals surface area contributed by atoms with Crippen molar-refractivity contribution in [1.29, 1.82) is 0 Å². The maximum atomic E-state index is 11.6. The molecule has 15 heavy (non-hydrogen) atoms. The summed E-state index contributed by atoms with van der Waals surface area (Å²) in [7, 11) is 0. The van der Waals surface area contributed by atoms with Crippen molar-refractivity contribution in [1.82, 2.24) is 4.57 Å². The lowest BCUT2D eigenvalue weighted by atomic mass is 10.2. The van der Waals surface area contributed by atoms with E-state index in [1.165, 1.54) is 10.8 Å². The van der Waals surface area contributed by atoms with E-state index in [0.29, 0.717) is 10.8 Å². The van der Waals surface area contributed by atoms with Gasteiger partial charge in [0.25, 0.3) is 0 Å². The first-order valence-corrected chi connectivity index (χ1v) is 5.20. The van der Waals surface area contributed by atoms with E-state index in [-0.39, 0.29) is 5.69 Å². The summed E-state index contributed by atoms with van der Waals surface area (Å²) in [6, 6.07) is 1.62. The first-order chi connectivity index (χ1) is 6.85. The van der Waals surface area contributed by atoms with Crippen LogP contribution < -0.4 is 0 Å². The molecule has 0 bridgehead atoms. The van der Waals surface area contributed by atoms with Crippen molar-refractivity contribution in [2.24, 2.45) is 0 Å². The predicted octanol–water partition coefficient (Wildman–Crippen LogP) is 2.85. The molecule has 0 aliphatic carbocycles. The zero-order valence-corrected chi connectivity index (χ0v) is 10.4. The number of hydrogen-bond donors (Lipinski definition) is 0. The van der Waals surface area contributed by atoms with Crippen LogP contribution >= 0.6 is 15.9 Å². The van der Waals surface area contributed by atoms with E-state index >= 15 is 0 Å². The number of aromatic nitrogens is 1. The SMILES string of the molecule is CC(C)(C)OC(=O)n1ccc(Br)c1C=O. The summed E-state index contributed by atoms with van der Waals surface area (Å²) in [5, 5.41) is 0. The van der Waals surface area contributed by atoms with Crippen LogP contribution in [-0.4, -0.2) is 22.5 Å². The van der Waals surface area contributed by atoms with Crippen LogP contribution in [0, 0.1) is 0 Å². The molecule has 1 heterocycles. The largest absolute Gasteiger partial charge is 0.443 e. The summed E-state index contributed by atoms with van der Waals surface area (Å²) >= 11 is 3.17. The number of aldehydes is 1. The molecule has 1 aromatic rings. The highest BCUT2D eigenvalue weighted by molar-refractivity contribution is 9.10. The number of ether oxygens (including phenoxy) is 1. The van der Waals surface area contributed by atoms with Crippen molar-refractivity contribution < 1.29 is 14.3 Å². The average molecular weight is 274 g/mol. The van der Waals surface area contributed by atoms with Crippen molar-refractivity contribution >= 4 is 28.3 Å². The van der Waals surface area contributed by atoms with Crippen molar-refractivity contribution in [2.45, 2.75) is 26.4 Å². The number of halogens is 1. The number of carbonyl (C=O) groups excluding carboxylic acids is 2. The van der Waals surface area contributed by atoms with Crippen molar-refractivity contribution in [3.8, 4) is 0 Å². The Labute approximate surface area is 96.3 Å². The molecule has 1 aromatic heterocycles. The molecular formula is C10H12BrNO3. The lowest BCUT2D eigenvalue weighted by Gasteiger charge is -2.19. The maximum absolute atomic E-state index is 11.6. The first-order valence-electron chi connectivity index (χ1n) is 4.40. The number of hydrogen-bond acceptors (Lipinski definition) is 3. The molecule has 4 nitrogen and oxygen atoms in total. The Balaban J connectivity index is 2.97. The molecule has 0 fully saturated rings. The Hall–Kier alpha value is -1.10. The number of nitrogens with zero attached hydrogens (tertiary/aromatic N) is 1. The maximum Gasteiger partial charge on any atom is 0.419 e. The fraction of sp³-hybridized carbons (Fsp3) is 0.400. The van der Waals surface area contributed by atoms with Gasteiger partial charge in [0, 0.05) is 10.7 Å². The van der Waals surface area contributed by atoms with Gasteiger partial charge < -0.3 is 4.74 Å². The van der Waals surface area contributed by atoms with E-state index in [2.05, 4.69) is 15.9 Å². The molecule has 1 rings (SSSR count). The second-order valence-corrected chi connectivity index (χ2v) is 4.87. The van der Waals surface area contributed by atoms with Gasteiger partial charge in [-0.15, -0.1) is 0 Å². The van der Waals surface area contributed by atoms with Gasteiger partial charge in [0.15, 0.2) is 6.29 Å². The first kappa shape index (κ1) is 12.0. The van der Waals surface area contributed by atoms with Gasteiger partial charge in [0.2, 0.25) is 0 Å². The van der Waals surface area contributed by atoms with Crippen LogP contribution in [0.4, 0.5) is 4.79 Å². The Kier molecular flexibility index (Phi) is 3.34. The predicted molar refractivity (Wildman–Crippen MR) is 59.2 cm³/mol. The molecule has 0 radical (unpaired) electrons. The van der Waals surface area contributed by atoms with Crippen LogP contribution in [0.5, 0.6) is 0 Å². The van der Waals surface area contributed by atoms with Gasteiger partial charge in [0.05, 0.1) is 0 Å². The van der Waals surface area contributed by atoms with Gasteiger partial charge in [-0.3, -0.25) is 4.79 Å². The minimum absolute atomic E-state index is 0.254. The molecule has 0 N–H and O–H groups in total. The molecule has 0 atom stereocenters. The Morgan fingerprint density at radius 1 is 1.53 bits per heavy atom. The van der Waals surface area contributed by atoms with Gasteiger partial charge in [-0.25, -0.2) is 9.36 Å². The van der Waals surface area contributed by atoms with E-state index in [1.807, 2.05) is 0 Å². The van der Waals surface area contributed by atoms with E-state index in [4.69, 9.17) is 4.74 Å². The van der Waals surface area contributed by atoms with Gasteiger partial charge in [-0.1, -0.05) is 0 Å². The van der Waals surface area contributed by atoms with Crippen molar-refractivity contribution in [2.75, 3.05) is 0 Å². The van der Waals surface area contributed by atoms with Crippen LogP contribution in [0.3, 0.4) is 0 Å². The van der Waals surface area contributed by atoms with Crippen molar-refractivity contribution in [3.05, 3.63) is 22.4 Å². The summed E-state index contributed by atoms with van der Waals surface area (Å²) in [6.45, 7) is 5.30. The topological polar surface area (TPSA) is 48.3 Å². The minimum Gasteiger partial charge on any atom is -0.443 e. The number of carbonyl (C=O) groups is 2. The molecule has 5 heteroatoms. The normalized spacial score (nSPS) is 11.2. The molecule has 0 amide bonds. The fourth-order valence-electron chi connectivity index (χ4n) is 1.00. The molecule has 0 saturated carbocycles. The average Bonchev–Trinajstić information content (AvgIpc) is 2.43. The standard InChI is InChI=1S/C10H12BrNO3/c1-10(2,3)15-9(14)12-5-4-7(11)8(12)6-13/h4-6H,1-3H3. The summed E-state index contributed by atoms with van der Waals surface area (Å²) < 4.78 is 6.87. The lowest BCUT2D eigenvalue weighted by Crippen LogP contribution is -2.27. The summed E-state index contributed by atoms with van der Waals surface area (Å²) in [6.07, 6.45) is 1.53. The third-order valence-corrected chi connectivity index (χ3v) is 2.25. The molecule has 0 spiro atoms. The van der Waals surface area contributed by atoms with Gasteiger partial charge in [0.1, 0.15) is 11.3 Å². The van der Waals surface area contributed by atoms with Crippen LogP contribution in [0.2, 0.25) is 0 Å². The van der Waals surface area contributed by atoms with E-state index in [0.717, 1.165) is 0 Å². The molecule has 0 aliphatic heterocycles. The summed E-state index contributed by atoms with van der Waals surface area (Å²) in [4.78, 5) is 22.3. The van der Waals surface area contributed by atoms with Crippen LogP contribution in [0.25, 0.3) is 0 Å². The van der Waals surface area contributed by atoms with Crippen LogP contribution in [-0.2, 0) is 4.74 Å².